The molecule has 1 aromatic carbocycles. The summed E-state index contributed by atoms with van der Waals surface area (Å²) >= 11 is 0. The molecule has 0 radical (unpaired) electrons. The first-order valence-electron chi connectivity index (χ1n) is 13.5. The highest BCUT2D eigenvalue weighted by atomic mass is 16.6. The quantitative estimate of drug-likeness (QED) is 0.278. The van der Waals surface area contributed by atoms with Gasteiger partial charge in [0.25, 0.3) is 0 Å². The van der Waals surface area contributed by atoms with Crippen molar-refractivity contribution >= 4 is 23.9 Å². The molecule has 1 rings (SSSR count). The Morgan fingerprint density at radius 2 is 1.23 bits per heavy atom. The Bertz CT molecular complexity index is 1000. The van der Waals surface area contributed by atoms with Gasteiger partial charge in [0.15, 0.2) is 11.5 Å². The number of ether oxygens (including phenoxy) is 4. The minimum atomic E-state index is -1.03. The molecule has 0 aromatic heterocycles. The van der Waals surface area contributed by atoms with Crippen molar-refractivity contribution in [3.63, 3.8) is 0 Å². The molecule has 0 heterocycles. The second-order valence-corrected chi connectivity index (χ2v) is 12.9. The molecule has 0 spiro atoms. The number of hydrogen-bond acceptors (Lipinski definition) is 9. The predicted molar refractivity (Wildman–Crippen MR) is 148 cm³/mol. The van der Waals surface area contributed by atoms with Gasteiger partial charge in [-0.2, -0.15) is 0 Å². The molecule has 1 aromatic rings. The van der Waals surface area contributed by atoms with Gasteiger partial charge in [0, 0.05) is 6.42 Å². The van der Waals surface area contributed by atoms with E-state index < -0.39 is 36.2 Å². The fourth-order valence-electron chi connectivity index (χ4n) is 3.42. The summed E-state index contributed by atoms with van der Waals surface area (Å²) in [6.07, 6.45) is -0.663. The van der Waals surface area contributed by atoms with Crippen molar-refractivity contribution in [3.05, 3.63) is 23.8 Å². The highest BCUT2D eigenvalue weighted by Crippen LogP contribution is 2.32. The zero-order valence-corrected chi connectivity index (χ0v) is 25.2. The van der Waals surface area contributed by atoms with Gasteiger partial charge in [-0.1, -0.05) is 61.5 Å². The first kappa shape index (κ1) is 34.1. The average molecular weight is 550 g/mol. The Balaban J connectivity index is 2.98. The Morgan fingerprint density at radius 1 is 0.744 bits per heavy atom. The van der Waals surface area contributed by atoms with Gasteiger partial charge in [-0.3, -0.25) is 19.2 Å². The van der Waals surface area contributed by atoms with Gasteiger partial charge in [-0.15, -0.1) is 0 Å². The van der Waals surface area contributed by atoms with Gasteiger partial charge in [-0.05, 0) is 54.7 Å². The normalized spacial score (nSPS) is 14.3. The number of hydrogen-bond donors (Lipinski definition) is 1. The number of rotatable bonds is 12. The van der Waals surface area contributed by atoms with E-state index in [9.17, 15) is 19.2 Å². The van der Waals surface area contributed by atoms with Crippen molar-refractivity contribution in [2.75, 3.05) is 0 Å². The van der Waals surface area contributed by atoms with Crippen LogP contribution < -0.4 is 15.2 Å². The SMILES string of the molecule is CC(C)CC(=O)O[C@@H](C)[C@H](C)OC(=O)[C@@H](N)Cc1ccc(OC(=O)CC(C)(C)C)c(OC(=O)CC(C)(C)C)c1. The minimum absolute atomic E-state index is 0.0728. The van der Waals surface area contributed by atoms with E-state index in [2.05, 4.69) is 0 Å². The zero-order chi connectivity index (χ0) is 30.1. The molecule has 0 fully saturated rings. The predicted octanol–water partition coefficient (Wildman–Crippen LogP) is 5.15. The van der Waals surface area contributed by atoms with Crippen molar-refractivity contribution < 1.29 is 38.1 Å². The molecule has 0 aliphatic heterocycles. The third-order valence-electron chi connectivity index (χ3n) is 5.42. The molecule has 0 aliphatic rings. The van der Waals surface area contributed by atoms with Crippen molar-refractivity contribution in [1.82, 2.24) is 0 Å². The van der Waals surface area contributed by atoms with Crippen LogP contribution in [-0.4, -0.2) is 42.1 Å². The molecule has 0 unspecified atom stereocenters. The fraction of sp³-hybridized carbons (Fsp3) is 0.667. The molecule has 220 valence electrons. The van der Waals surface area contributed by atoms with Crippen LogP contribution >= 0.6 is 0 Å². The van der Waals surface area contributed by atoms with E-state index in [1.54, 1.807) is 19.9 Å². The van der Waals surface area contributed by atoms with Crippen molar-refractivity contribution in [2.24, 2.45) is 22.5 Å². The molecular weight excluding hydrogens is 502 g/mol. The maximum absolute atomic E-state index is 12.6. The molecule has 0 bridgehead atoms. The lowest BCUT2D eigenvalue weighted by atomic mass is 9.92. The van der Waals surface area contributed by atoms with E-state index in [4.69, 9.17) is 24.7 Å². The lowest BCUT2D eigenvalue weighted by molar-refractivity contribution is -0.166. The van der Waals surface area contributed by atoms with E-state index in [-0.39, 0.29) is 59.9 Å². The summed E-state index contributed by atoms with van der Waals surface area (Å²) in [6, 6.07) is 3.67. The van der Waals surface area contributed by atoms with Gasteiger partial charge in [-0.25, -0.2) is 0 Å². The summed E-state index contributed by atoms with van der Waals surface area (Å²) in [5.74, 6) is -1.63. The zero-order valence-electron chi connectivity index (χ0n) is 25.2. The summed E-state index contributed by atoms with van der Waals surface area (Å²) in [5.41, 5.74) is 6.11. The van der Waals surface area contributed by atoms with Crippen LogP contribution in [0.15, 0.2) is 18.2 Å². The highest BCUT2D eigenvalue weighted by molar-refractivity contribution is 5.78. The molecular formula is C30H47NO8. The molecule has 0 aliphatic carbocycles. The fourth-order valence-corrected chi connectivity index (χ4v) is 3.42. The van der Waals surface area contributed by atoms with Crippen LogP contribution in [0.2, 0.25) is 0 Å². The van der Waals surface area contributed by atoms with Gasteiger partial charge < -0.3 is 24.7 Å². The van der Waals surface area contributed by atoms with Crippen LogP contribution in [0.3, 0.4) is 0 Å². The standard InChI is InChI=1S/C30H47NO8/c1-18(2)13-25(32)36-19(3)20(4)37-28(35)22(31)14-21-11-12-23(38-26(33)16-29(5,6)7)24(15-21)39-27(34)17-30(8,9)10/h11-12,15,18-20,22H,13-14,16-17,31H2,1-10H3/t19-,20-,22-/m0/s1. The number of carbonyl (C=O) groups is 4. The van der Waals surface area contributed by atoms with E-state index in [0.29, 0.717) is 5.56 Å². The molecule has 2 N–H and O–H groups in total. The Labute approximate surface area is 233 Å². The first-order chi connectivity index (χ1) is 17.8. The van der Waals surface area contributed by atoms with Gasteiger partial charge >= 0.3 is 23.9 Å². The van der Waals surface area contributed by atoms with E-state index in [1.807, 2.05) is 55.4 Å². The van der Waals surface area contributed by atoms with Crippen molar-refractivity contribution in [1.29, 1.82) is 0 Å². The van der Waals surface area contributed by atoms with Crippen molar-refractivity contribution in [3.8, 4) is 11.5 Å². The number of benzene rings is 1. The Kier molecular flexibility index (Phi) is 12.6. The number of nitrogens with two attached hydrogens (primary N) is 1. The lowest BCUT2D eigenvalue weighted by Crippen LogP contribution is -2.39. The summed E-state index contributed by atoms with van der Waals surface area (Å²) in [6.45, 7) is 18.6. The highest BCUT2D eigenvalue weighted by Gasteiger charge is 2.26. The van der Waals surface area contributed by atoms with Gasteiger partial charge in [0.2, 0.25) is 0 Å². The summed E-state index contributed by atoms with van der Waals surface area (Å²) in [5, 5.41) is 0. The molecule has 0 saturated carbocycles. The average Bonchev–Trinajstić information content (AvgIpc) is 2.71. The van der Waals surface area contributed by atoms with Crippen molar-refractivity contribution in [2.45, 2.75) is 113 Å². The van der Waals surface area contributed by atoms with Gasteiger partial charge in [0.1, 0.15) is 18.2 Å². The van der Waals surface area contributed by atoms with Crippen LogP contribution in [0.25, 0.3) is 0 Å². The molecule has 39 heavy (non-hydrogen) atoms. The summed E-state index contributed by atoms with van der Waals surface area (Å²) in [7, 11) is 0. The Hall–Kier alpha value is -2.94. The molecule has 0 amide bonds. The lowest BCUT2D eigenvalue weighted by Gasteiger charge is -2.23. The van der Waals surface area contributed by atoms with Crippen LogP contribution in [0.5, 0.6) is 11.5 Å². The van der Waals surface area contributed by atoms with E-state index >= 15 is 0 Å². The summed E-state index contributed by atoms with van der Waals surface area (Å²) in [4.78, 5) is 49.6. The molecule has 9 heteroatoms. The first-order valence-corrected chi connectivity index (χ1v) is 13.5. The van der Waals surface area contributed by atoms with E-state index in [0.717, 1.165) is 0 Å². The van der Waals surface area contributed by atoms with E-state index in [1.165, 1.54) is 12.1 Å². The smallest absolute Gasteiger partial charge is 0.323 e. The number of esters is 4. The number of carbonyl (C=O) groups excluding carboxylic acids is 4. The maximum atomic E-state index is 12.6. The summed E-state index contributed by atoms with van der Waals surface area (Å²) < 4.78 is 21.9. The Morgan fingerprint density at radius 3 is 1.72 bits per heavy atom. The monoisotopic (exact) mass is 549 g/mol. The largest absolute Gasteiger partial charge is 0.459 e. The van der Waals surface area contributed by atoms with Crippen LogP contribution in [0.4, 0.5) is 0 Å². The van der Waals surface area contributed by atoms with Crippen LogP contribution in [0, 0.1) is 16.7 Å². The maximum Gasteiger partial charge on any atom is 0.323 e. The molecule has 3 atom stereocenters. The van der Waals surface area contributed by atoms with Crippen LogP contribution in [0.1, 0.15) is 94.1 Å². The second kappa shape index (κ2) is 14.4. The topological polar surface area (TPSA) is 131 Å². The van der Waals surface area contributed by atoms with Crippen LogP contribution in [-0.2, 0) is 35.1 Å². The van der Waals surface area contributed by atoms with Gasteiger partial charge in [0.05, 0.1) is 12.8 Å². The minimum Gasteiger partial charge on any atom is -0.459 e. The second-order valence-electron chi connectivity index (χ2n) is 12.9. The molecule has 0 saturated heterocycles. The molecule has 9 nitrogen and oxygen atoms in total. The third kappa shape index (κ3) is 14.1. The third-order valence-corrected chi connectivity index (χ3v) is 5.42.